The summed E-state index contributed by atoms with van der Waals surface area (Å²) >= 11 is 0. The van der Waals surface area contributed by atoms with Gasteiger partial charge in [0.05, 0.1) is 5.60 Å². The fourth-order valence-electron chi connectivity index (χ4n) is 2.30. The fraction of sp³-hybridized carbons (Fsp3) is 0.533. The number of fused-ring (bicyclic) bond motifs is 1. The highest BCUT2D eigenvalue weighted by Crippen LogP contribution is 2.17. The molecule has 2 rings (SSSR count). The number of likely N-dealkylation sites (N-methyl/N-ethyl adjacent to an activating group) is 1. The first-order chi connectivity index (χ1) is 8.83. The van der Waals surface area contributed by atoms with Gasteiger partial charge in [-0.05, 0) is 45.0 Å². The Hall–Kier alpha value is -1.39. The molecule has 0 radical (unpaired) electrons. The molecule has 19 heavy (non-hydrogen) atoms. The first kappa shape index (κ1) is 14.0. The minimum atomic E-state index is -0.652. The molecule has 0 unspecified atom stereocenters. The third-order valence-corrected chi connectivity index (χ3v) is 3.00. The molecule has 0 aliphatic carbocycles. The molecule has 0 bridgehead atoms. The van der Waals surface area contributed by atoms with E-state index < -0.39 is 5.60 Å². The van der Waals surface area contributed by atoms with Gasteiger partial charge in [-0.3, -0.25) is 0 Å². The number of hydrogen-bond acceptors (Lipinski definition) is 4. The van der Waals surface area contributed by atoms with E-state index in [-0.39, 0.29) is 0 Å². The number of aryl methyl sites for hydroxylation is 1. The molecule has 104 valence electrons. The normalized spacial score (nSPS) is 12.5. The van der Waals surface area contributed by atoms with Crippen LogP contribution in [-0.4, -0.2) is 40.7 Å². The average Bonchev–Trinajstić information content (AvgIpc) is 2.63. The summed E-state index contributed by atoms with van der Waals surface area (Å²) in [5.74, 6) is 0.700. The van der Waals surface area contributed by atoms with Crippen LogP contribution in [0.2, 0.25) is 0 Å². The Morgan fingerprint density at radius 3 is 2.79 bits per heavy atom. The first-order valence-electron chi connectivity index (χ1n) is 6.60. The molecule has 0 saturated heterocycles. The first-order valence-corrected chi connectivity index (χ1v) is 6.60. The lowest BCUT2D eigenvalue weighted by Gasteiger charge is -2.25. The molecule has 1 heterocycles. The minimum Gasteiger partial charge on any atom is -0.441 e. The molecule has 0 atom stereocenters. The second-order valence-corrected chi connectivity index (χ2v) is 5.84. The molecular formula is C15H22N2O2. The van der Waals surface area contributed by atoms with Crippen LogP contribution in [0.4, 0.5) is 0 Å². The van der Waals surface area contributed by atoms with Crippen molar-refractivity contribution in [3.8, 4) is 0 Å². The van der Waals surface area contributed by atoms with Gasteiger partial charge in [0.15, 0.2) is 11.5 Å². The van der Waals surface area contributed by atoms with Crippen molar-refractivity contribution in [2.75, 3.05) is 20.1 Å². The molecule has 0 saturated carbocycles. The molecule has 0 amide bonds. The van der Waals surface area contributed by atoms with E-state index in [2.05, 4.69) is 16.0 Å². The zero-order chi connectivity index (χ0) is 14.0. The molecular weight excluding hydrogens is 240 g/mol. The average molecular weight is 262 g/mol. The van der Waals surface area contributed by atoms with Crippen molar-refractivity contribution in [2.45, 2.75) is 32.8 Å². The van der Waals surface area contributed by atoms with Crippen LogP contribution in [0.25, 0.3) is 11.1 Å². The summed E-state index contributed by atoms with van der Waals surface area (Å²) in [6, 6.07) is 6.13. The number of nitrogens with zero attached hydrogens (tertiary/aromatic N) is 2. The quantitative estimate of drug-likeness (QED) is 0.899. The topological polar surface area (TPSA) is 49.5 Å². The van der Waals surface area contributed by atoms with Gasteiger partial charge < -0.3 is 14.4 Å². The molecule has 1 N–H and O–H groups in total. The second kappa shape index (κ2) is 5.31. The highest BCUT2D eigenvalue weighted by molar-refractivity contribution is 5.73. The molecule has 0 spiro atoms. The molecule has 4 nitrogen and oxygen atoms in total. The van der Waals surface area contributed by atoms with Gasteiger partial charge in [0.25, 0.3) is 0 Å². The van der Waals surface area contributed by atoms with Gasteiger partial charge in [0.1, 0.15) is 5.52 Å². The molecule has 4 heteroatoms. The van der Waals surface area contributed by atoms with Crippen molar-refractivity contribution in [3.05, 3.63) is 29.7 Å². The van der Waals surface area contributed by atoms with E-state index in [1.807, 2.05) is 40.0 Å². The fourth-order valence-corrected chi connectivity index (χ4v) is 2.30. The molecule has 1 aromatic carbocycles. The van der Waals surface area contributed by atoms with Gasteiger partial charge in [-0.1, -0.05) is 6.07 Å². The number of aliphatic hydroxyl groups is 1. The molecule has 1 aromatic heterocycles. The number of benzene rings is 1. The summed E-state index contributed by atoms with van der Waals surface area (Å²) in [6.45, 7) is 7.08. The van der Waals surface area contributed by atoms with E-state index in [1.54, 1.807) is 0 Å². The number of oxazole rings is 1. The Bertz CT molecular complexity index is 555. The molecule has 0 aliphatic heterocycles. The second-order valence-electron chi connectivity index (χ2n) is 5.84. The van der Waals surface area contributed by atoms with Crippen LogP contribution in [-0.2, 0) is 6.42 Å². The summed E-state index contributed by atoms with van der Waals surface area (Å²) in [7, 11) is 2.02. The van der Waals surface area contributed by atoms with E-state index in [0.29, 0.717) is 12.4 Å². The monoisotopic (exact) mass is 262 g/mol. The Kier molecular flexibility index (Phi) is 3.92. The van der Waals surface area contributed by atoms with Crippen LogP contribution in [0.15, 0.2) is 22.6 Å². The van der Waals surface area contributed by atoms with Crippen LogP contribution in [0.5, 0.6) is 0 Å². The van der Waals surface area contributed by atoms with Gasteiger partial charge in [0.2, 0.25) is 0 Å². The lowest BCUT2D eigenvalue weighted by Crippen LogP contribution is -2.37. The van der Waals surface area contributed by atoms with Crippen LogP contribution in [0, 0.1) is 6.92 Å². The van der Waals surface area contributed by atoms with Crippen LogP contribution in [0.1, 0.15) is 25.3 Å². The van der Waals surface area contributed by atoms with Crippen LogP contribution >= 0.6 is 0 Å². The lowest BCUT2D eigenvalue weighted by molar-refractivity contribution is 0.0450. The minimum absolute atomic E-state index is 0.652. The smallest absolute Gasteiger partial charge is 0.192 e. The SMILES string of the molecule is Cc1nc2ccc(CCN(C)CC(C)(C)O)cc2o1. The van der Waals surface area contributed by atoms with E-state index in [9.17, 15) is 5.11 Å². The Balaban J connectivity index is 1.97. The van der Waals surface area contributed by atoms with Crippen molar-refractivity contribution in [1.82, 2.24) is 9.88 Å². The van der Waals surface area contributed by atoms with Crippen LogP contribution < -0.4 is 0 Å². The van der Waals surface area contributed by atoms with Gasteiger partial charge in [-0.25, -0.2) is 4.98 Å². The molecule has 0 fully saturated rings. The highest BCUT2D eigenvalue weighted by Gasteiger charge is 2.15. The third-order valence-electron chi connectivity index (χ3n) is 3.00. The van der Waals surface area contributed by atoms with Crippen molar-refractivity contribution >= 4 is 11.1 Å². The Morgan fingerprint density at radius 2 is 2.11 bits per heavy atom. The number of aromatic nitrogens is 1. The van der Waals surface area contributed by atoms with E-state index in [4.69, 9.17) is 4.42 Å². The number of hydrogen-bond donors (Lipinski definition) is 1. The van der Waals surface area contributed by atoms with E-state index in [1.165, 1.54) is 5.56 Å². The maximum atomic E-state index is 9.76. The summed E-state index contributed by atoms with van der Waals surface area (Å²) in [5, 5.41) is 9.76. The van der Waals surface area contributed by atoms with Gasteiger partial charge >= 0.3 is 0 Å². The van der Waals surface area contributed by atoms with E-state index >= 15 is 0 Å². The standard InChI is InChI=1S/C15H22N2O2/c1-11-16-13-6-5-12(9-14(13)19-11)7-8-17(4)10-15(2,3)18/h5-6,9,18H,7-8,10H2,1-4H3. The summed E-state index contributed by atoms with van der Waals surface area (Å²) in [5.41, 5.74) is 2.33. The Morgan fingerprint density at radius 1 is 1.37 bits per heavy atom. The van der Waals surface area contributed by atoms with Crippen molar-refractivity contribution in [1.29, 1.82) is 0 Å². The zero-order valence-electron chi connectivity index (χ0n) is 12.1. The molecule has 0 aliphatic rings. The maximum Gasteiger partial charge on any atom is 0.192 e. The van der Waals surface area contributed by atoms with Gasteiger partial charge in [-0.15, -0.1) is 0 Å². The van der Waals surface area contributed by atoms with Crippen molar-refractivity contribution in [2.24, 2.45) is 0 Å². The van der Waals surface area contributed by atoms with Crippen molar-refractivity contribution < 1.29 is 9.52 Å². The summed E-state index contributed by atoms with van der Waals surface area (Å²) in [4.78, 5) is 6.42. The predicted octanol–water partition coefficient (Wildman–Crippen LogP) is 2.38. The van der Waals surface area contributed by atoms with E-state index in [0.717, 1.165) is 24.1 Å². The highest BCUT2D eigenvalue weighted by atomic mass is 16.3. The van der Waals surface area contributed by atoms with Crippen molar-refractivity contribution in [3.63, 3.8) is 0 Å². The summed E-state index contributed by atoms with van der Waals surface area (Å²) < 4.78 is 5.53. The Labute approximate surface area is 114 Å². The predicted molar refractivity (Wildman–Crippen MR) is 76.2 cm³/mol. The maximum absolute atomic E-state index is 9.76. The van der Waals surface area contributed by atoms with Gasteiger partial charge in [-0.2, -0.15) is 0 Å². The summed E-state index contributed by atoms with van der Waals surface area (Å²) in [6.07, 6.45) is 0.933. The zero-order valence-corrected chi connectivity index (χ0v) is 12.1. The number of rotatable bonds is 5. The largest absolute Gasteiger partial charge is 0.441 e. The molecule has 2 aromatic rings. The third kappa shape index (κ3) is 4.04. The lowest BCUT2D eigenvalue weighted by atomic mass is 10.1. The van der Waals surface area contributed by atoms with Crippen LogP contribution in [0.3, 0.4) is 0 Å². The van der Waals surface area contributed by atoms with Gasteiger partial charge in [0, 0.05) is 20.0 Å².